The molecule has 0 saturated carbocycles. The van der Waals surface area contributed by atoms with E-state index in [2.05, 4.69) is 17.9 Å². The summed E-state index contributed by atoms with van der Waals surface area (Å²) < 4.78 is 14.5. The zero-order valence-corrected chi connectivity index (χ0v) is 14.6. The maximum Gasteiger partial charge on any atom is 0.253 e. The molecule has 1 aromatic carbocycles. The Bertz CT molecular complexity index is 620. The van der Waals surface area contributed by atoms with Gasteiger partial charge in [0.05, 0.1) is 17.7 Å². The predicted molar refractivity (Wildman–Crippen MR) is 92.5 cm³/mol. The number of rotatable bonds is 5. The van der Waals surface area contributed by atoms with Crippen LogP contribution in [0, 0.1) is 23.1 Å². The molecule has 0 aliphatic carbocycles. The third-order valence-electron chi connectivity index (χ3n) is 4.47. The number of hydrogen-bond donors (Lipinski definition) is 0. The fourth-order valence-corrected chi connectivity index (χ4v) is 2.96. The number of piperazine rings is 1. The molecule has 1 atom stereocenters. The van der Waals surface area contributed by atoms with E-state index in [-0.39, 0.29) is 17.6 Å². The van der Waals surface area contributed by atoms with Crippen LogP contribution in [0.5, 0.6) is 0 Å². The number of nitrogens with zero attached hydrogens (tertiary/aromatic N) is 4. The Morgan fingerprint density at radius 2 is 2.04 bits per heavy atom. The fraction of sp³-hybridized carbons (Fsp3) is 0.556. The molecule has 1 heterocycles. The minimum Gasteiger partial charge on any atom is -0.367 e. The number of carbonyl (C=O) groups excluding carboxylic acids is 1. The normalized spacial score (nSPS) is 16.5. The Labute approximate surface area is 143 Å². The monoisotopic (exact) mass is 332 g/mol. The fourth-order valence-electron chi connectivity index (χ4n) is 2.96. The third kappa shape index (κ3) is 4.24. The molecule has 1 aliphatic heterocycles. The number of amides is 1. The van der Waals surface area contributed by atoms with Gasteiger partial charge in [0.15, 0.2) is 0 Å². The summed E-state index contributed by atoms with van der Waals surface area (Å²) in [5.41, 5.74) is 0.867. The molecule has 5 nitrogen and oxygen atoms in total. The molecular formula is C18H25FN4O. The van der Waals surface area contributed by atoms with Gasteiger partial charge in [-0.05, 0) is 31.7 Å². The summed E-state index contributed by atoms with van der Waals surface area (Å²) in [5, 5.41) is 8.84. The lowest BCUT2D eigenvalue weighted by molar-refractivity contribution is 0.0784. The molecule has 1 amide bonds. The van der Waals surface area contributed by atoms with Crippen LogP contribution in [0.1, 0.15) is 24.2 Å². The SMILES string of the molecule is CCN1CCN(c2ccc(C(=O)N(C)C[C@H](C)C#N)cc2F)CC1. The highest BCUT2D eigenvalue weighted by Gasteiger charge is 2.21. The first-order chi connectivity index (χ1) is 11.5. The maximum atomic E-state index is 14.5. The lowest BCUT2D eigenvalue weighted by atomic mass is 10.1. The van der Waals surface area contributed by atoms with Crippen molar-refractivity contribution in [2.75, 3.05) is 51.2 Å². The number of nitriles is 1. The van der Waals surface area contributed by atoms with Gasteiger partial charge in [-0.1, -0.05) is 6.92 Å². The average molecular weight is 332 g/mol. The Hall–Kier alpha value is -2.13. The van der Waals surface area contributed by atoms with E-state index in [1.807, 2.05) is 4.90 Å². The van der Waals surface area contributed by atoms with Crippen molar-refractivity contribution in [3.8, 4) is 6.07 Å². The van der Waals surface area contributed by atoms with E-state index in [1.54, 1.807) is 26.1 Å². The summed E-state index contributed by atoms with van der Waals surface area (Å²) in [6, 6.07) is 6.75. The molecule has 0 radical (unpaired) electrons. The van der Waals surface area contributed by atoms with Gasteiger partial charge in [-0.15, -0.1) is 0 Å². The maximum absolute atomic E-state index is 14.5. The van der Waals surface area contributed by atoms with E-state index < -0.39 is 0 Å². The summed E-state index contributed by atoms with van der Waals surface area (Å²) in [4.78, 5) is 18.2. The third-order valence-corrected chi connectivity index (χ3v) is 4.47. The van der Waals surface area contributed by atoms with Crippen LogP contribution in [-0.2, 0) is 0 Å². The van der Waals surface area contributed by atoms with Crippen molar-refractivity contribution in [2.24, 2.45) is 5.92 Å². The summed E-state index contributed by atoms with van der Waals surface area (Å²) in [6.45, 7) is 8.64. The van der Waals surface area contributed by atoms with Crippen LogP contribution in [0.4, 0.5) is 10.1 Å². The number of carbonyl (C=O) groups is 1. The molecule has 1 fully saturated rings. The molecule has 0 N–H and O–H groups in total. The van der Waals surface area contributed by atoms with Gasteiger partial charge in [0.2, 0.25) is 0 Å². The van der Waals surface area contributed by atoms with Gasteiger partial charge in [-0.25, -0.2) is 4.39 Å². The largest absolute Gasteiger partial charge is 0.367 e. The molecule has 0 aromatic heterocycles. The summed E-state index contributed by atoms with van der Waals surface area (Å²) >= 11 is 0. The standard InChI is InChI=1S/C18H25FN4O/c1-4-22-7-9-23(10-8-22)17-6-5-15(11-16(17)19)18(24)21(3)13-14(2)12-20/h5-6,11,14H,4,7-10,13H2,1-3H3/t14-/m1/s1. The van der Waals surface area contributed by atoms with Gasteiger partial charge in [-0.2, -0.15) is 5.26 Å². The van der Waals surface area contributed by atoms with Crippen molar-refractivity contribution < 1.29 is 9.18 Å². The Balaban J connectivity index is 2.07. The predicted octanol–water partition coefficient (Wildman–Crippen LogP) is 2.20. The van der Waals surface area contributed by atoms with Crippen LogP contribution >= 0.6 is 0 Å². The van der Waals surface area contributed by atoms with Crippen LogP contribution in [0.25, 0.3) is 0 Å². The first-order valence-corrected chi connectivity index (χ1v) is 8.38. The number of benzene rings is 1. The molecule has 130 valence electrons. The molecule has 1 aromatic rings. The van der Waals surface area contributed by atoms with E-state index in [4.69, 9.17) is 5.26 Å². The number of anilines is 1. The van der Waals surface area contributed by atoms with Crippen molar-refractivity contribution in [1.82, 2.24) is 9.80 Å². The van der Waals surface area contributed by atoms with Crippen molar-refractivity contribution in [3.05, 3.63) is 29.6 Å². The zero-order valence-electron chi connectivity index (χ0n) is 14.6. The molecule has 24 heavy (non-hydrogen) atoms. The second-order valence-electron chi connectivity index (χ2n) is 6.30. The van der Waals surface area contributed by atoms with Gasteiger partial charge in [0.25, 0.3) is 5.91 Å². The Morgan fingerprint density at radius 3 is 2.58 bits per heavy atom. The van der Waals surface area contributed by atoms with E-state index in [1.165, 1.54) is 11.0 Å². The second-order valence-corrected chi connectivity index (χ2v) is 6.30. The van der Waals surface area contributed by atoms with Crippen LogP contribution < -0.4 is 4.90 Å². The van der Waals surface area contributed by atoms with Crippen molar-refractivity contribution in [3.63, 3.8) is 0 Å². The van der Waals surface area contributed by atoms with Gasteiger partial charge in [0, 0.05) is 45.3 Å². The number of hydrogen-bond acceptors (Lipinski definition) is 4. The summed E-state index contributed by atoms with van der Waals surface area (Å²) in [7, 11) is 1.63. The number of likely N-dealkylation sites (N-methyl/N-ethyl adjacent to an activating group) is 1. The first-order valence-electron chi connectivity index (χ1n) is 8.38. The highest BCUT2D eigenvalue weighted by molar-refractivity contribution is 5.94. The second kappa shape index (κ2) is 8.11. The molecule has 0 bridgehead atoms. The quantitative estimate of drug-likeness (QED) is 0.829. The lowest BCUT2D eigenvalue weighted by Gasteiger charge is -2.35. The molecular weight excluding hydrogens is 307 g/mol. The smallest absolute Gasteiger partial charge is 0.253 e. The van der Waals surface area contributed by atoms with Crippen LogP contribution in [0.3, 0.4) is 0 Å². The molecule has 1 aliphatic rings. The lowest BCUT2D eigenvalue weighted by Crippen LogP contribution is -2.46. The summed E-state index contributed by atoms with van der Waals surface area (Å²) in [6.07, 6.45) is 0. The van der Waals surface area contributed by atoms with Gasteiger partial charge >= 0.3 is 0 Å². The van der Waals surface area contributed by atoms with Crippen LogP contribution in [-0.4, -0.2) is 62.0 Å². The zero-order chi connectivity index (χ0) is 17.7. The molecule has 0 spiro atoms. The molecule has 1 saturated heterocycles. The molecule has 0 unspecified atom stereocenters. The van der Waals surface area contributed by atoms with Crippen molar-refractivity contribution in [1.29, 1.82) is 5.26 Å². The van der Waals surface area contributed by atoms with E-state index in [9.17, 15) is 9.18 Å². The van der Waals surface area contributed by atoms with E-state index >= 15 is 0 Å². The Morgan fingerprint density at radius 1 is 1.38 bits per heavy atom. The molecule has 2 rings (SSSR count). The van der Waals surface area contributed by atoms with Crippen molar-refractivity contribution >= 4 is 11.6 Å². The Kier molecular flexibility index (Phi) is 6.16. The van der Waals surface area contributed by atoms with Crippen molar-refractivity contribution in [2.45, 2.75) is 13.8 Å². The van der Waals surface area contributed by atoms with Crippen LogP contribution in [0.2, 0.25) is 0 Å². The van der Waals surface area contributed by atoms with Gasteiger partial charge < -0.3 is 14.7 Å². The number of halogens is 1. The minimum atomic E-state index is -0.368. The van der Waals surface area contributed by atoms with Crippen LogP contribution in [0.15, 0.2) is 18.2 Å². The molecule has 6 heteroatoms. The first kappa shape index (κ1) is 18.2. The van der Waals surface area contributed by atoms with E-state index in [0.717, 1.165) is 32.7 Å². The van der Waals surface area contributed by atoms with Gasteiger partial charge in [0.1, 0.15) is 5.82 Å². The van der Waals surface area contributed by atoms with Gasteiger partial charge in [-0.3, -0.25) is 4.79 Å². The summed E-state index contributed by atoms with van der Waals surface area (Å²) in [5.74, 6) is -0.885. The average Bonchev–Trinajstić information content (AvgIpc) is 2.60. The topological polar surface area (TPSA) is 50.6 Å². The van der Waals surface area contributed by atoms with E-state index in [0.29, 0.717) is 17.8 Å². The highest BCUT2D eigenvalue weighted by atomic mass is 19.1. The highest BCUT2D eigenvalue weighted by Crippen LogP contribution is 2.22. The minimum absolute atomic E-state index is 0.252.